The topological polar surface area (TPSA) is 24.9 Å². The number of hydrogen-bond acceptors (Lipinski definition) is 3. The van der Waals surface area contributed by atoms with E-state index in [1.807, 2.05) is 0 Å². The van der Waals surface area contributed by atoms with Crippen LogP contribution >= 0.6 is 27.3 Å². The Morgan fingerprint density at radius 1 is 1.26 bits per heavy atom. The van der Waals surface area contributed by atoms with Gasteiger partial charge in [-0.05, 0) is 37.0 Å². The highest BCUT2D eigenvalue weighted by atomic mass is 79.9. The smallest absolute Gasteiger partial charge is 0.184 e. The van der Waals surface area contributed by atoms with Crippen molar-refractivity contribution < 1.29 is 0 Å². The van der Waals surface area contributed by atoms with Crippen LogP contribution in [-0.2, 0) is 0 Å². The maximum atomic E-state index is 4.70. The van der Waals surface area contributed by atoms with Gasteiger partial charge in [-0.2, -0.15) is 0 Å². The number of nitrogens with one attached hydrogen (secondary N) is 1. The maximum Gasteiger partial charge on any atom is 0.184 e. The molecule has 1 heterocycles. The first kappa shape index (κ1) is 13.4. The minimum Gasteiger partial charge on any atom is -0.358 e. The average molecular weight is 339 g/mol. The third kappa shape index (κ3) is 3.11. The van der Waals surface area contributed by atoms with Crippen molar-refractivity contribution >= 4 is 42.6 Å². The van der Waals surface area contributed by atoms with E-state index in [2.05, 4.69) is 46.4 Å². The van der Waals surface area contributed by atoms with E-state index in [9.17, 15) is 0 Å². The van der Waals surface area contributed by atoms with Crippen molar-refractivity contribution in [2.45, 2.75) is 45.1 Å². The molecule has 1 aromatic carbocycles. The predicted molar refractivity (Wildman–Crippen MR) is 87.0 cm³/mol. The fourth-order valence-corrected chi connectivity index (χ4v) is 4.31. The van der Waals surface area contributed by atoms with Crippen LogP contribution < -0.4 is 5.32 Å². The minimum absolute atomic E-state index is 0.589. The first-order valence-corrected chi connectivity index (χ1v) is 8.66. The second-order valence-corrected chi connectivity index (χ2v) is 7.44. The molecule has 1 aromatic heterocycles. The van der Waals surface area contributed by atoms with Crippen LogP contribution in [0, 0.1) is 5.92 Å². The van der Waals surface area contributed by atoms with Gasteiger partial charge in [0.25, 0.3) is 0 Å². The van der Waals surface area contributed by atoms with Crippen LogP contribution in [0.25, 0.3) is 10.2 Å². The molecule has 3 rings (SSSR count). The Morgan fingerprint density at radius 2 is 2.11 bits per heavy atom. The van der Waals surface area contributed by atoms with Crippen LogP contribution in [-0.4, -0.2) is 11.0 Å². The number of benzene rings is 1. The predicted octanol–water partition coefficient (Wildman–Crippen LogP) is 5.44. The summed E-state index contributed by atoms with van der Waals surface area (Å²) in [6.45, 7) is 2.37. The van der Waals surface area contributed by atoms with Gasteiger partial charge in [-0.3, -0.25) is 0 Å². The number of nitrogens with zero attached hydrogens (tertiary/aromatic N) is 1. The van der Waals surface area contributed by atoms with Gasteiger partial charge in [0.05, 0.1) is 10.2 Å². The number of anilines is 1. The molecule has 2 unspecified atom stereocenters. The summed E-state index contributed by atoms with van der Waals surface area (Å²) in [7, 11) is 0. The number of thiazole rings is 1. The van der Waals surface area contributed by atoms with Gasteiger partial charge >= 0.3 is 0 Å². The third-order valence-electron chi connectivity index (χ3n) is 4.02. The van der Waals surface area contributed by atoms with Crippen LogP contribution in [0.5, 0.6) is 0 Å². The molecule has 0 aliphatic heterocycles. The summed E-state index contributed by atoms with van der Waals surface area (Å²) >= 11 is 5.28. The Morgan fingerprint density at radius 3 is 3.00 bits per heavy atom. The van der Waals surface area contributed by atoms with Gasteiger partial charge in [-0.1, -0.05) is 53.5 Å². The summed E-state index contributed by atoms with van der Waals surface area (Å²) in [5.74, 6) is 0.751. The van der Waals surface area contributed by atoms with Crippen LogP contribution in [0.3, 0.4) is 0 Å². The Bertz CT molecular complexity index is 566. The lowest BCUT2D eigenvalue weighted by atomic mass is 9.97. The zero-order valence-corrected chi connectivity index (χ0v) is 13.6. The van der Waals surface area contributed by atoms with Gasteiger partial charge in [-0.15, -0.1) is 0 Å². The van der Waals surface area contributed by atoms with E-state index < -0.39 is 0 Å². The standard InChI is InChI=1S/C15H19BrN2S/c1-10-5-3-2-4-6-12(10)17-15-18-13-8-7-11(16)9-14(13)19-15/h7-10,12H,2-6H2,1H3,(H,17,18). The monoisotopic (exact) mass is 338 g/mol. The quantitative estimate of drug-likeness (QED) is 0.737. The molecule has 0 spiro atoms. The third-order valence-corrected chi connectivity index (χ3v) is 5.46. The molecule has 0 saturated heterocycles. The van der Waals surface area contributed by atoms with Crippen molar-refractivity contribution in [3.63, 3.8) is 0 Å². The van der Waals surface area contributed by atoms with E-state index >= 15 is 0 Å². The first-order chi connectivity index (χ1) is 9.22. The van der Waals surface area contributed by atoms with E-state index in [0.717, 1.165) is 21.0 Å². The van der Waals surface area contributed by atoms with Crippen LogP contribution in [0.4, 0.5) is 5.13 Å². The Labute approximate surface area is 126 Å². The molecule has 0 radical (unpaired) electrons. The molecule has 1 N–H and O–H groups in total. The second-order valence-electron chi connectivity index (χ2n) is 5.50. The summed E-state index contributed by atoms with van der Waals surface area (Å²) in [6, 6.07) is 6.87. The molecule has 0 amide bonds. The number of hydrogen-bond donors (Lipinski definition) is 1. The zero-order valence-electron chi connectivity index (χ0n) is 11.2. The fourth-order valence-electron chi connectivity index (χ4n) is 2.83. The number of aromatic nitrogens is 1. The highest BCUT2D eigenvalue weighted by Gasteiger charge is 2.20. The van der Waals surface area contributed by atoms with Crippen LogP contribution in [0.2, 0.25) is 0 Å². The van der Waals surface area contributed by atoms with Gasteiger partial charge in [0.15, 0.2) is 5.13 Å². The van der Waals surface area contributed by atoms with Crippen molar-refractivity contribution in [2.24, 2.45) is 5.92 Å². The lowest BCUT2D eigenvalue weighted by Crippen LogP contribution is -2.26. The lowest BCUT2D eigenvalue weighted by molar-refractivity contribution is 0.456. The number of rotatable bonds is 2. The fraction of sp³-hybridized carbons (Fsp3) is 0.533. The van der Waals surface area contributed by atoms with E-state index in [1.54, 1.807) is 11.3 Å². The molecule has 1 aliphatic rings. The Balaban J connectivity index is 1.80. The van der Waals surface area contributed by atoms with Crippen molar-refractivity contribution in [3.05, 3.63) is 22.7 Å². The number of fused-ring (bicyclic) bond motifs is 1. The van der Waals surface area contributed by atoms with Crippen molar-refractivity contribution in [3.8, 4) is 0 Å². The molecular weight excluding hydrogens is 320 g/mol. The Kier molecular flexibility index (Phi) is 4.08. The summed E-state index contributed by atoms with van der Waals surface area (Å²) < 4.78 is 2.37. The average Bonchev–Trinajstić information content (AvgIpc) is 2.66. The van der Waals surface area contributed by atoms with Gasteiger partial charge in [0.2, 0.25) is 0 Å². The minimum atomic E-state index is 0.589. The van der Waals surface area contributed by atoms with E-state index in [1.165, 1.54) is 36.8 Å². The maximum absolute atomic E-state index is 4.70. The molecule has 1 fully saturated rings. The molecule has 19 heavy (non-hydrogen) atoms. The van der Waals surface area contributed by atoms with Gasteiger partial charge in [0.1, 0.15) is 0 Å². The van der Waals surface area contributed by atoms with Gasteiger partial charge in [0, 0.05) is 10.5 Å². The van der Waals surface area contributed by atoms with E-state index in [-0.39, 0.29) is 0 Å². The number of halogens is 1. The molecule has 2 atom stereocenters. The molecule has 4 heteroatoms. The molecule has 0 bridgehead atoms. The summed E-state index contributed by atoms with van der Waals surface area (Å²) in [5.41, 5.74) is 1.09. The molecule has 1 aliphatic carbocycles. The van der Waals surface area contributed by atoms with Gasteiger partial charge < -0.3 is 5.32 Å². The van der Waals surface area contributed by atoms with Crippen LogP contribution in [0.15, 0.2) is 22.7 Å². The van der Waals surface area contributed by atoms with Crippen molar-refractivity contribution in [1.82, 2.24) is 4.98 Å². The van der Waals surface area contributed by atoms with Gasteiger partial charge in [-0.25, -0.2) is 4.98 Å². The molecule has 1 saturated carbocycles. The zero-order chi connectivity index (χ0) is 13.2. The summed E-state index contributed by atoms with van der Waals surface area (Å²) in [6.07, 6.45) is 6.73. The van der Waals surface area contributed by atoms with Crippen molar-refractivity contribution in [2.75, 3.05) is 5.32 Å². The normalized spacial score (nSPS) is 24.3. The van der Waals surface area contributed by atoms with E-state index in [4.69, 9.17) is 4.98 Å². The first-order valence-electron chi connectivity index (χ1n) is 7.05. The summed E-state index contributed by atoms with van der Waals surface area (Å²) in [5, 5.41) is 4.75. The van der Waals surface area contributed by atoms with E-state index in [0.29, 0.717) is 6.04 Å². The molecule has 2 aromatic rings. The molecule has 102 valence electrons. The largest absolute Gasteiger partial charge is 0.358 e. The molecular formula is C15H19BrN2S. The lowest BCUT2D eigenvalue weighted by Gasteiger charge is -2.22. The second kappa shape index (κ2) is 5.80. The highest BCUT2D eigenvalue weighted by Crippen LogP contribution is 2.31. The van der Waals surface area contributed by atoms with Crippen molar-refractivity contribution in [1.29, 1.82) is 0 Å². The Hall–Kier alpha value is -0.610. The molecule has 2 nitrogen and oxygen atoms in total. The summed E-state index contributed by atoms with van der Waals surface area (Å²) in [4.78, 5) is 4.70. The SMILES string of the molecule is CC1CCCCCC1Nc1nc2ccc(Br)cc2s1. The van der Waals surface area contributed by atoms with Crippen LogP contribution in [0.1, 0.15) is 39.0 Å². The highest BCUT2D eigenvalue weighted by molar-refractivity contribution is 9.10.